The van der Waals surface area contributed by atoms with Crippen LogP contribution in [0.5, 0.6) is 0 Å². The normalized spacial score (nSPS) is 15.8. The summed E-state index contributed by atoms with van der Waals surface area (Å²) < 4.78 is 46.4. The molecule has 0 unspecified atom stereocenters. The van der Waals surface area contributed by atoms with Crippen LogP contribution in [0.2, 0.25) is 0 Å². The van der Waals surface area contributed by atoms with Gasteiger partial charge in [0, 0.05) is 50.7 Å². The summed E-state index contributed by atoms with van der Waals surface area (Å²) in [6.07, 6.45) is 2.67. The minimum absolute atomic E-state index is 0.0646. The predicted octanol–water partition coefficient (Wildman–Crippen LogP) is 4.43. The highest BCUT2D eigenvalue weighted by Gasteiger charge is 2.36. The largest absolute Gasteiger partial charge is 0.419 e. The predicted molar refractivity (Wildman–Crippen MR) is 121 cm³/mol. The van der Waals surface area contributed by atoms with E-state index >= 15 is 0 Å². The lowest BCUT2D eigenvalue weighted by Gasteiger charge is -2.31. The molecule has 13 heteroatoms. The fourth-order valence-corrected chi connectivity index (χ4v) is 4.82. The van der Waals surface area contributed by atoms with Gasteiger partial charge in [0.1, 0.15) is 16.4 Å². The van der Waals surface area contributed by atoms with Crippen molar-refractivity contribution in [2.45, 2.75) is 49.4 Å². The number of alkyl halides is 4. The van der Waals surface area contributed by atoms with Crippen molar-refractivity contribution in [2.75, 3.05) is 18.4 Å². The fourth-order valence-electron chi connectivity index (χ4n) is 3.58. The topological polar surface area (TPSA) is 76.7 Å². The van der Waals surface area contributed by atoms with Gasteiger partial charge in [-0.25, -0.2) is 19.3 Å². The van der Waals surface area contributed by atoms with E-state index in [9.17, 15) is 13.2 Å². The van der Waals surface area contributed by atoms with E-state index in [2.05, 4.69) is 29.7 Å². The number of imidazole rings is 1. The Morgan fingerprint density at radius 1 is 1.18 bits per heavy atom. The molecule has 0 radical (unpaired) electrons. The molecule has 33 heavy (non-hydrogen) atoms. The summed E-state index contributed by atoms with van der Waals surface area (Å²) in [5.74, 6) is 1.36. The first-order valence-electron chi connectivity index (χ1n) is 10.5. The van der Waals surface area contributed by atoms with Crippen molar-refractivity contribution < 1.29 is 13.2 Å². The van der Waals surface area contributed by atoms with Crippen molar-refractivity contribution in [3.05, 3.63) is 36.2 Å². The van der Waals surface area contributed by atoms with Crippen LogP contribution in [0.25, 0.3) is 11.3 Å². The molecule has 0 spiro atoms. The second kappa shape index (κ2) is 9.90. The van der Waals surface area contributed by atoms with Crippen LogP contribution in [-0.2, 0) is 25.6 Å². The number of hydrogen-bond donors (Lipinski definition) is 1. The van der Waals surface area contributed by atoms with Gasteiger partial charge >= 0.3 is 6.18 Å². The van der Waals surface area contributed by atoms with Gasteiger partial charge in [-0.3, -0.25) is 4.68 Å². The number of halogens is 4. The molecule has 1 aliphatic heterocycles. The van der Waals surface area contributed by atoms with E-state index in [0.717, 1.165) is 43.0 Å². The molecular formula is C20H24ClF3N8S. The first-order valence-corrected chi connectivity index (χ1v) is 11.8. The number of aryl methyl sites for hydroxylation is 1. The van der Waals surface area contributed by atoms with Gasteiger partial charge < -0.3 is 9.88 Å². The van der Waals surface area contributed by atoms with Gasteiger partial charge in [-0.05, 0) is 31.7 Å². The maximum absolute atomic E-state index is 13.5. The summed E-state index contributed by atoms with van der Waals surface area (Å²) in [5, 5.41) is 8.31. The quantitative estimate of drug-likeness (QED) is 0.380. The van der Waals surface area contributed by atoms with Crippen LogP contribution in [0.15, 0.2) is 29.8 Å². The first-order chi connectivity index (χ1) is 15.8. The van der Waals surface area contributed by atoms with Crippen molar-refractivity contribution in [3.63, 3.8) is 0 Å². The zero-order valence-electron chi connectivity index (χ0n) is 18.2. The molecular weight excluding hydrogens is 477 g/mol. The van der Waals surface area contributed by atoms with E-state index in [0.29, 0.717) is 18.0 Å². The maximum atomic E-state index is 13.5. The van der Waals surface area contributed by atoms with Gasteiger partial charge in [0.25, 0.3) is 0 Å². The van der Waals surface area contributed by atoms with Gasteiger partial charge in [-0.1, -0.05) is 0 Å². The Labute approximate surface area is 198 Å². The average Bonchev–Trinajstić information content (AvgIpc) is 3.41. The van der Waals surface area contributed by atoms with Gasteiger partial charge in [0.2, 0.25) is 5.95 Å². The van der Waals surface area contributed by atoms with Crippen LogP contribution >= 0.6 is 23.5 Å². The lowest BCUT2D eigenvalue weighted by Crippen LogP contribution is -2.36. The van der Waals surface area contributed by atoms with Gasteiger partial charge in [-0.15, -0.1) is 11.6 Å². The van der Waals surface area contributed by atoms with Crippen molar-refractivity contribution in [1.29, 1.82) is 0 Å². The number of rotatable bonds is 7. The zero-order valence-corrected chi connectivity index (χ0v) is 19.8. The molecule has 0 atom stereocenters. The molecule has 3 aromatic heterocycles. The minimum Gasteiger partial charge on any atom is -0.351 e. The molecule has 4 rings (SSSR count). The highest BCUT2D eigenvalue weighted by atomic mass is 35.5. The van der Waals surface area contributed by atoms with Crippen molar-refractivity contribution in [3.8, 4) is 11.3 Å². The van der Waals surface area contributed by atoms with E-state index in [4.69, 9.17) is 11.6 Å². The molecule has 0 saturated carbocycles. The molecule has 0 aliphatic carbocycles. The van der Waals surface area contributed by atoms with Gasteiger partial charge in [0.05, 0.1) is 24.0 Å². The molecule has 3 aromatic rings. The number of nitrogens with zero attached hydrogens (tertiary/aromatic N) is 7. The monoisotopic (exact) mass is 500 g/mol. The Morgan fingerprint density at radius 3 is 2.55 bits per heavy atom. The van der Waals surface area contributed by atoms with Crippen LogP contribution in [0.1, 0.15) is 31.2 Å². The van der Waals surface area contributed by atoms with Crippen LogP contribution in [0.4, 0.5) is 19.1 Å². The van der Waals surface area contributed by atoms with Gasteiger partial charge in [-0.2, -0.15) is 18.3 Å². The molecule has 1 saturated heterocycles. The highest BCUT2D eigenvalue weighted by Crippen LogP contribution is 2.36. The molecule has 0 amide bonds. The van der Waals surface area contributed by atoms with Crippen LogP contribution in [0.3, 0.4) is 0 Å². The second-order valence-electron chi connectivity index (χ2n) is 7.68. The third-order valence-electron chi connectivity index (χ3n) is 5.50. The lowest BCUT2D eigenvalue weighted by atomic mass is 10.1. The zero-order chi connectivity index (χ0) is 23.6. The molecule has 1 aliphatic rings. The Balaban J connectivity index is 1.43. The summed E-state index contributed by atoms with van der Waals surface area (Å²) in [6.45, 7) is 4.03. The van der Waals surface area contributed by atoms with E-state index in [1.807, 2.05) is 24.7 Å². The fraction of sp³-hybridized carbons (Fsp3) is 0.500. The molecule has 0 bridgehead atoms. The third-order valence-corrected chi connectivity index (χ3v) is 6.92. The number of aromatic nitrogens is 6. The summed E-state index contributed by atoms with van der Waals surface area (Å²) in [6, 6.07) is 0.0646. The van der Waals surface area contributed by atoms with Crippen molar-refractivity contribution >= 4 is 29.5 Å². The molecule has 0 aromatic carbocycles. The highest BCUT2D eigenvalue weighted by molar-refractivity contribution is 7.97. The third kappa shape index (κ3) is 5.44. The summed E-state index contributed by atoms with van der Waals surface area (Å²) >= 11 is 7.51. The van der Waals surface area contributed by atoms with Crippen LogP contribution in [-0.4, -0.2) is 52.7 Å². The Morgan fingerprint density at radius 2 is 1.94 bits per heavy atom. The van der Waals surface area contributed by atoms with Crippen LogP contribution < -0.4 is 5.32 Å². The van der Waals surface area contributed by atoms with E-state index in [1.54, 1.807) is 22.8 Å². The molecule has 178 valence electrons. The molecule has 1 N–H and O–H groups in total. The summed E-state index contributed by atoms with van der Waals surface area (Å²) in [7, 11) is 1.94. The number of nitrogens with one attached hydrogen (secondary N) is 1. The Kier molecular flexibility index (Phi) is 7.15. The van der Waals surface area contributed by atoms with Crippen molar-refractivity contribution in [2.24, 2.45) is 7.05 Å². The number of piperidine rings is 1. The average molecular weight is 501 g/mol. The Hall–Kier alpha value is -2.31. The van der Waals surface area contributed by atoms with Gasteiger partial charge in [0.15, 0.2) is 0 Å². The lowest BCUT2D eigenvalue weighted by molar-refractivity contribution is -0.137. The second-order valence-corrected chi connectivity index (χ2v) is 9.07. The summed E-state index contributed by atoms with van der Waals surface area (Å²) in [5.41, 5.74) is -0.727. The molecule has 4 heterocycles. The van der Waals surface area contributed by atoms with Crippen molar-refractivity contribution in [1.82, 2.24) is 33.6 Å². The SMILES string of the molecule is CCn1cc(-c2nc(NC3CCN(Sc4cnc(CCl)n4C)CC3)ncc2C(F)(F)F)cn1. The van der Waals surface area contributed by atoms with Crippen LogP contribution in [0, 0.1) is 0 Å². The number of anilines is 1. The molecule has 1 fully saturated rings. The molecule has 8 nitrogen and oxygen atoms in total. The summed E-state index contributed by atoms with van der Waals surface area (Å²) in [4.78, 5) is 12.5. The number of hydrogen-bond acceptors (Lipinski definition) is 7. The smallest absolute Gasteiger partial charge is 0.351 e. The Bertz CT molecular complexity index is 1090. The van der Waals surface area contributed by atoms with E-state index in [-0.39, 0.29) is 17.7 Å². The van der Waals surface area contributed by atoms with E-state index in [1.165, 1.54) is 6.20 Å². The van der Waals surface area contributed by atoms with E-state index < -0.39 is 11.7 Å². The standard InChI is InChI=1S/C20H24ClF3N8S/c1-3-31-12-13(9-27-31)18-15(20(22,23)24)10-26-19(29-18)28-14-4-6-32(7-5-14)33-17-11-25-16(8-21)30(17)2/h9-12,14H,3-8H2,1-2H3,(H,26,28,29). The maximum Gasteiger partial charge on any atom is 0.419 e. The minimum atomic E-state index is -4.56. The first kappa shape index (κ1) is 23.8.